The first kappa shape index (κ1) is 26.0. The van der Waals surface area contributed by atoms with Crippen LogP contribution in [0.1, 0.15) is 60.8 Å². The summed E-state index contributed by atoms with van der Waals surface area (Å²) in [6, 6.07) is 34.9. The minimum Gasteiger partial charge on any atom is -0.355 e. The van der Waals surface area contributed by atoms with Crippen LogP contribution in [0.2, 0.25) is 0 Å². The fourth-order valence-corrected chi connectivity index (χ4v) is 7.75. The van der Waals surface area contributed by atoms with E-state index in [1.807, 2.05) is 17.4 Å². The molecule has 0 fully saturated rings. The molecule has 5 aromatic rings. The second-order valence-corrected chi connectivity index (χ2v) is 12.5. The van der Waals surface area contributed by atoms with Gasteiger partial charge in [0.05, 0.1) is 0 Å². The van der Waals surface area contributed by atoms with E-state index in [2.05, 4.69) is 115 Å². The lowest BCUT2D eigenvalue weighted by molar-refractivity contribution is 0.689. The Morgan fingerprint density at radius 2 is 1.63 bits per heavy atom. The van der Waals surface area contributed by atoms with E-state index in [1.54, 1.807) is 0 Å². The summed E-state index contributed by atoms with van der Waals surface area (Å²) in [5.41, 5.74) is 15.8. The highest BCUT2D eigenvalue weighted by Gasteiger charge is 2.24. The summed E-state index contributed by atoms with van der Waals surface area (Å²) in [5, 5.41) is 6.54. The maximum Gasteiger partial charge on any atom is 0.0416 e. The Morgan fingerprint density at radius 1 is 0.829 bits per heavy atom. The van der Waals surface area contributed by atoms with Crippen LogP contribution < -0.4 is 11.1 Å². The van der Waals surface area contributed by atoms with Crippen LogP contribution in [0, 0.1) is 0 Å². The molecule has 2 atom stereocenters. The molecular weight excluding hydrogens is 516 g/mol. The summed E-state index contributed by atoms with van der Waals surface area (Å²) in [4.78, 5) is 0. The minimum absolute atomic E-state index is 0.0134. The van der Waals surface area contributed by atoms with E-state index in [1.165, 1.54) is 79.4 Å². The molecule has 2 aliphatic carbocycles. The largest absolute Gasteiger partial charge is 0.355 e. The van der Waals surface area contributed by atoms with Crippen molar-refractivity contribution in [3.05, 3.63) is 149 Å². The van der Waals surface area contributed by atoms with Crippen molar-refractivity contribution in [2.75, 3.05) is 5.32 Å². The summed E-state index contributed by atoms with van der Waals surface area (Å²) in [6.07, 6.45) is 14.0. The predicted octanol–water partition coefficient (Wildman–Crippen LogP) is 10.2. The minimum atomic E-state index is -0.0134. The molecule has 1 unspecified atom stereocenters. The van der Waals surface area contributed by atoms with Crippen LogP contribution in [0.5, 0.6) is 0 Å². The van der Waals surface area contributed by atoms with Crippen molar-refractivity contribution < 1.29 is 0 Å². The van der Waals surface area contributed by atoms with Gasteiger partial charge in [-0.05, 0) is 90.6 Å². The molecule has 0 radical (unpaired) electrons. The maximum atomic E-state index is 6.57. The zero-order valence-electron chi connectivity index (χ0n) is 23.4. The zero-order chi connectivity index (χ0) is 27.6. The van der Waals surface area contributed by atoms with Gasteiger partial charge in [0.2, 0.25) is 0 Å². The molecule has 4 aromatic carbocycles. The van der Waals surface area contributed by atoms with Gasteiger partial charge in [-0.15, -0.1) is 11.3 Å². The molecule has 1 heterocycles. The van der Waals surface area contributed by atoms with Crippen molar-refractivity contribution in [3.8, 4) is 0 Å². The van der Waals surface area contributed by atoms with Crippen molar-refractivity contribution in [2.24, 2.45) is 5.73 Å². The van der Waals surface area contributed by atoms with Gasteiger partial charge in [-0.25, -0.2) is 0 Å². The van der Waals surface area contributed by atoms with Crippen LogP contribution in [0.3, 0.4) is 0 Å². The number of fused-ring (bicyclic) bond motifs is 3. The van der Waals surface area contributed by atoms with Crippen molar-refractivity contribution in [1.29, 1.82) is 0 Å². The molecule has 41 heavy (non-hydrogen) atoms. The lowest BCUT2D eigenvalue weighted by atomic mass is 9.81. The third-order valence-electron chi connectivity index (χ3n) is 8.67. The van der Waals surface area contributed by atoms with E-state index in [0.29, 0.717) is 5.92 Å². The highest BCUT2D eigenvalue weighted by atomic mass is 32.1. The van der Waals surface area contributed by atoms with Gasteiger partial charge in [0.15, 0.2) is 0 Å². The summed E-state index contributed by atoms with van der Waals surface area (Å²) < 4.78 is 2.80. The first-order chi connectivity index (χ1) is 20.2. The van der Waals surface area contributed by atoms with Crippen molar-refractivity contribution in [3.63, 3.8) is 0 Å². The van der Waals surface area contributed by atoms with Gasteiger partial charge < -0.3 is 11.1 Å². The Hall–Kier alpha value is -3.92. The summed E-state index contributed by atoms with van der Waals surface area (Å²) in [7, 11) is 0. The Balaban J connectivity index is 1.16. The lowest BCUT2D eigenvalue weighted by Gasteiger charge is -2.27. The zero-order valence-corrected chi connectivity index (χ0v) is 24.2. The van der Waals surface area contributed by atoms with Crippen molar-refractivity contribution in [1.82, 2.24) is 0 Å². The first-order valence-electron chi connectivity index (χ1n) is 14.9. The Labute approximate surface area is 246 Å². The normalized spacial score (nSPS) is 18.1. The number of allylic oxidation sites excluding steroid dienone is 5. The standard InChI is InChI=1S/C38H36N2S/c39-35(24-26-10-3-1-4-11-26)28-18-21-30(22-19-28)40-36-23-20-29(25-34(36)27-12-5-2-6-13-27)31-15-9-16-33-32-14-7-8-17-37(32)41-38(31)33/h1,3-4,7-12,14-23,29,35,40H,2,5-6,13,24-25,39H2/t29?,35-/m1/s1. The molecule has 0 saturated carbocycles. The molecule has 0 spiro atoms. The lowest BCUT2D eigenvalue weighted by Crippen LogP contribution is -2.14. The quantitative estimate of drug-likeness (QED) is 0.211. The van der Waals surface area contributed by atoms with Gasteiger partial charge in [-0.3, -0.25) is 0 Å². The number of nitrogens with two attached hydrogens (primary N) is 1. The summed E-state index contributed by atoms with van der Waals surface area (Å²) >= 11 is 1.94. The highest BCUT2D eigenvalue weighted by Crippen LogP contribution is 2.43. The van der Waals surface area contributed by atoms with Crippen LogP contribution >= 0.6 is 11.3 Å². The smallest absolute Gasteiger partial charge is 0.0416 e. The number of hydrogen-bond acceptors (Lipinski definition) is 3. The van der Waals surface area contributed by atoms with Crippen LogP contribution in [-0.2, 0) is 6.42 Å². The van der Waals surface area contributed by atoms with Crippen LogP contribution in [-0.4, -0.2) is 0 Å². The van der Waals surface area contributed by atoms with E-state index in [4.69, 9.17) is 5.73 Å². The molecule has 0 saturated heterocycles. The monoisotopic (exact) mass is 552 g/mol. The number of benzene rings is 4. The topological polar surface area (TPSA) is 38.0 Å². The Kier molecular flexibility index (Phi) is 7.31. The fraction of sp³-hybridized carbons (Fsp3) is 0.211. The molecule has 0 bridgehead atoms. The Morgan fingerprint density at radius 3 is 2.46 bits per heavy atom. The van der Waals surface area contributed by atoms with Gasteiger partial charge in [0.1, 0.15) is 0 Å². The van der Waals surface area contributed by atoms with Gasteiger partial charge in [0, 0.05) is 43.5 Å². The maximum absolute atomic E-state index is 6.57. The van der Waals surface area contributed by atoms with E-state index in [9.17, 15) is 0 Å². The first-order valence-corrected chi connectivity index (χ1v) is 15.7. The molecule has 204 valence electrons. The molecule has 3 N–H and O–H groups in total. The van der Waals surface area contributed by atoms with Gasteiger partial charge in [0.25, 0.3) is 0 Å². The van der Waals surface area contributed by atoms with Gasteiger partial charge in [-0.2, -0.15) is 0 Å². The molecule has 0 amide bonds. The average molecular weight is 553 g/mol. The van der Waals surface area contributed by atoms with Gasteiger partial charge >= 0.3 is 0 Å². The van der Waals surface area contributed by atoms with Crippen LogP contribution in [0.25, 0.3) is 20.2 Å². The third kappa shape index (κ3) is 5.40. The number of thiophene rings is 1. The number of anilines is 1. The highest BCUT2D eigenvalue weighted by molar-refractivity contribution is 7.26. The SMILES string of the molecule is N[C@H](Cc1ccccc1)c1ccc(NC2=C(C3=CCCCC3)CC(c3cccc4c3sc3ccccc34)C=C2)cc1. The number of nitrogens with one attached hydrogen (secondary N) is 1. The second kappa shape index (κ2) is 11.5. The van der Waals surface area contributed by atoms with Crippen molar-refractivity contribution >= 4 is 37.2 Å². The van der Waals surface area contributed by atoms with Crippen LogP contribution in [0.4, 0.5) is 5.69 Å². The molecule has 3 heteroatoms. The van der Waals surface area contributed by atoms with E-state index in [0.717, 1.165) is 18.5 Å². The van der Waals surface area contributed by atoms with E-state index < -0.39 is 0 Å². The van der Waals surface area contributed by atoms with Crippen LogP contribution in [0.15, 0.2) is 132 Å². The molecule has 7 rings (SSSR count). The molecule has 0 aliphatic heterocycles. The third-order valence-corrected chi connectivity index (χ3v) is 9.91. The average Bonchev–Trinajstić information content (AvgIpc) is 3.42. The van der Waals surface area contributed by atoms with E-state index >= 15 is 0 Å². The number of rotatable bonds is 7. The fourth-order valence-electron chi connectivity index (χ4n) is 6.47. The number of hydrogen-bond donors (Lipinski definition) is 2. The molecular formula is C38H36N2S. The molecule has 1 aromatic heterocycles. The molecule has 2 nitrogen and oxygen atoms in total. The van der Waals surface area contributed by atoms with E-state index in [-0.39, 0.29) is 6.04 Å². The summed E-state index contributed by atoms with van der Waals surface area (Å²) in [6.45, 7) is 0. The summed E-state index contributed by atoms with van der Waals surface area (Å²) in [5.74, 6) is 0.369. The Bertz CT molecular complexity index is 1770. The molecule has 2 aliphatic rings. The second-order valence-electron chi connectivity index (χ2n) is 11.4. The predicted molar refractivity (Wildman–Crippen MR) is 177 cm³/mol. The van der Waals surface area contributed by atoms with Gasteiger partial charge in [-0.1, -0.05) is 91.0 Å². The van der Waals surface area contributed by atoms with Crippen molar-refractivity contribution in [2.45, 2.75) is 50.5 Å².